The summed E-state index contributed by atoms with van der Waals surface area (Å²) in [6.07, 6.45) is 16.5. The lowest BCUT2D eigenvalue weighted by atomic mass is 9.79. The maximum absolute atomic E-state index is 13.1. The van der Waals surface area contributed by atoms with Gasteiger partial charge in [0.1, 0.15) is 11.5 Å². The highest BCUT2D eigenvalue weighted by Gasteiger charge is 2.37. The second-order valence-electron chi connectivity index (χ2n) is 15.1. The predicted molar refractivity (Wildman–Crippen MR) is 173 cm³/mol. The standard InChI is InChI=1S/C39H50O6/c1-39(2)35-21-29(44-37(40)27-13-9-25(10-14-27)5-3-7-31-23-42-31)17-19-33(35)34-20-18-30(22-36(34)39)45-38(41)28-15-11-26(12-16-28)6-4-8-32-24-43-32/h17-22,25-28,31-32H,3-16,23-24H2,1-2H3. The van der Waals surface area contributed by atoms with Crippen LogP contribution in [0.5, 0.6) is 11.5 Å². The Labute approximate surface area is 268 Å². The summed E-state index contributed by atoms with van der Waals surface area (Å²) < 4.78 is 22.6. The summed E-state index contributed by atoms with van der Waals surface area (Å²) in [5, 5.41) is 0. The Morgan fingerprint density at radius 1 is 0.644 bits per heavy atom. The minimum Gasteiger partial charge on any atom is -0.426 e. The Balaban J connectivity index is 0.921. The van der Waals surface area contributed by atoms with Gasteiger partial charge in [0.25, 0.3) is 0 Å². The van der Waals surface area contributed by atoms with E-state index in [-0.39, 0.29) is 29.2 Å². The molecule has 0 aromatic heterocycles. The minimum atomic E-state index is -0.303. The molecule has 6 heteroatoms. The molecule has 0 amide bonds. The first-order valence-electron chi connectivity index (χ1n) is 17.8. The largest absolute Gasteiger partial charge is 0.426 e. The molecule has 5 aliphatic rings. The van der Waals surface area contributed by atoms with Crippen molar-refractivity contribution in [3.63, 3.8) is 0 Å². The Kier molecular flexibility index (Phi) is 9.07. The van der Waals surface area contributed by atoms with Crippen LogP contribution in [0.1, 0.15) is 115 Å². The molecule has 0 spiro atoms. The summed E-state index contributed by atoms with van der Waals surface area (Å²) in [4.78, 5) is 26.3. The summed E-state index contributed by atoms with van der Waals surface area (Å²) in [5.41, 5.74) is 4.28. The quantitative estimate of drug-likeness (QED) is 0.135. The molecule has 2 aromatic rings. The van der Waals surface area contributed by atoms with E-state index < -0.39 is 0 Å². The van der Waals surface area contributed by atoms with E-state index in [4.69, 9.17) is 18.9 Å². The van der Waals surface area contributed by atoms with E-state index >= 15 is 0 Å². The summed E-state index contributed by atoms with van der Waals surface area (Å²) in [6, 6.07) is 12.1. The molecule has 4 fully saturated rings. The fourth-order valence-electron chi connectivity index (χ4n) is 8.33. The smallest absolute Gasteiger partial charge is 0.314 e. The fraction of sp³-hybridized carbons (Fsp3) is 0.641. The van der Waals surface area contributed by atoms with Crippen molar-refractivity contribution in [1.82, 2.24) is 0 Å². The van der Waals surface area contributed by atoms with Gasteiger partial charge >= 0.3 is 11.9 Å². The number of carbonyl (C=O) groups is 2. The van der Waals surface area contributed by atoms with Crippen LogP contribution in [0.15, 0.2) is 36.4 Å². The average Bonchev–Trinajstić information content (AvgIpc) is 3.99. The van der Waals surface area contributed by atoms with E-state index in [0.717, 1.165) is 98.7 Å². The summed E-state index contributed by atoms with van der Waals surface area (Å²) in [6.45, 7) is 6.28. The van der Waals surface area contributed by atoms with E-state index in [9.17, 15) is 9.59 Å². The van der Waals surface area contributed by atoms with Crippen LogP contribution >= 0.6 is 0 Å². The molecule has 7 rings (SSSR count). The average molecular weight is 615 g/mol. The summed E-state index contributed by atoms with van der Waals surface area (Å²) >= 11 is 0. The van der Waals surface area contributed by atoms with Crippen molar-refractivity contribution < 1.29 is 28.5 Å². The van der Waals surface area contributed by atoms with Gasteiger partial charge in [-0.1, -0.05) is 51.7 Å². The van der Waals surface area contributed by atoms with Crippen molar-refractivity contribution in [2.24, 2.45) is 23.7 Å². The molecule has 2 saturated heterocycles. The van der Waals surface area contributed by atoms with Gasteiger partial charge in [0.2, 0.25) is 0 Å². The van der Waals surface area contributed by atoms with Gasteiger partial charge in [-0.05, 0) is 123 Å². The van der Waals surface area contributed by atoms with Crippen molar-refractivity contribution in [2.75, 3.05) is 13.2 Å². The lowest BCUT2D eigenvalue weighted by molar-refractivity contribution is -0.141. The lowest BCUT2D eigenvalue weighted by Gasteiger charge is -2.27. The van der Waals surface area contributed by atoms with E-state index in [0.29, 0.717) is 23.7 Å². The zero-order valence-corrected chi connectivity index (χ0v) is 27.2. The number of benzene rings is 2. The Bertz CT molecular complexity index is 1270. The molecule has 45 heavy (non-hydrogen) atoms. The molecular formula is C39H50O6. The number of epoxide rings is 2. The monoisotopic (exact) mass is 614 g/mol. The first-order valence-corrected chi connectivity index (χ1v) is 17.8. The topological polar surface area (TPSA) is 77.7 Å². The second-order valence-corrected chi connectivity index (χ2v) is 15.1. The first kappa shape index (κ1) is 30.9. The van der Waals surface area contributed by atoms with Crippen LogP contribution in [0, 0.1) is 23.7 Å². The van der Waals surface area contributed by atoms with Gasteiger partial charge in [-0.2, -0.15) is 0 Å². The van der Waals surface area contributed by atoms with Crippen molar-refractivity contribution in [2.45, 2.75) is 121 Å². The van der Waals surface area contributed by atoms with E-state index in [1.807, 2.05) is 24.3 Å². The molecule has 2 aliphatic heterocycles. The summed E-state index contributed by atoms with van der Waals surface area (Å²) in [5.74, 6) is 2.49. The van der Waals surface area contributed by atoms with Crippen LogP contribution < -0.4 is 9.47 Å². The van der Waals surface area contributed by atoms with Crippen LogP contribution in [0.4, 0.5) is 0 Å². The van der Waals surface area contributed by atoms with Crippen molar-refractivity contribution in [3.8, 4) is 22.6 Å². The third-order valence-corrected chi connectivity index (χ3v) is 11.5. The van der Waals surface area contributed by atoms with Crippen LogP contribution in [0.2, 0.25) is 0 Å². The number of fused-ring (bicyclic) bond motifs is 3. The van der Waals surface area contributed by atoms with Gasteiger partial charge in [0.15, 0.2) is 0 Å². The number of rotatable bonds is 12. The van der Waals surface area contributed by atoms with Gasteiger partial charge < -0.3 is 18.9 Å². The number of carbonyl (C=O) groups excluding carboxylic acids is 2. The third kappa shape index (κ3) is 7.33. The van der Waals surface area contributed by atoms with E-state index in [2.05, 4.69) is 26.0 Å². The molecule has 6 nitrogen and oxygen atoms in total. The number of ether oxygens (including phenoxy) is 4. The molecule has 0 bridgehead atoms. The Hall–Kier alpha value is -2.70. The van der Waals surface area contributed by atoms with Gasteiger partial charge in [0.05, 0.1) is 37.3 Å². The van der Waals surface area contributed by atoms with Gasteiger partial charge in [-0.3, -0.25) is 9.59 Å². The summed E-state index contributed by atoms with van der Waals surface area (Å²) in [7, 11) is 0. The Morgan fingerprint density at radius 3 is 1.42 bits per heavy atom. The first-order chi connectivity index (χ1) is 21.8. The number of hydrogen-bond donors (Lipinski definition) is 0. The maximum atomic E-state index is 13.1. The van der Waals surface area contributed by atoms with Gasteiger partial charge in [-0.15, -0.1) is 0 Å². The highest BCUT2D eigenvalue weighted by Crippen LogP contribution is 2.51. The highest BCUT2D eigenvalue weighted by atomic mass is 16.6. The number of esters is 2. The second kappa shape index (κ2) is 13.2. The molecule has 2 atom stereocenters. The molecule has 0 N–H and O–H groups in total. The molecule has 2 heterocycles. The van der Waals surface area contributed by atoms with Crippen molar-refractivity contribution >= 4 is 11.9 Å². The Morgan fingerprint density at radius 2 is 1.04 bits per heavy atom. The van der Waals surface area contributed by atoms with Gasteiger partial charge in [-0.25, -0.2) is 0 Å². The highest BCUT2D eigenvalue weighted by molar-refractivity contribution is 5.83. The fourth-order valence-corrected chi connectivity index (χ4v) is 8.33. The van der Waals surface area contributed by atoms with Gasteiger partial charge in [0, 0.05) is 5.41 Å². The number of hydrogen-bond acceptors (Lipinski definition) is 6. The zero-order chi connectivity index (χ0) is 31.0. The molecule has 2 aromatic carbocycles. The predicted octanol–water partition coefficient (Wildman–Crippen LogP) is 8.55. The molecule has 242 valence electrons. The van der Waals surface area contributed by atoms with Crippen LogP contribution in [0.25, 0.3) is 11.1 Å². The van der Waals surface area contributed by atoms with E-state index in [1.165, 1.54) is 38.5 Å². The normalized spacial score (nSPS) is 29.4. The third-order valence-electron chi connectivity index (χ3n) is 11.5. The molecule has 0 radical (unpaired) electrons. The van der Waals surface area contributed by atoms with Crippen molar-refractivity contribution in [3.05, 3.63) is 47.5 Å². The molecule has 2 saturated carbocycles. The minimum absolute atomic E-state index is 0.0128. The van der Waals surface area contributed by atoms with E-state index in [1.54, 1.807) is 0 Å². The SMILES string of the molecule is CC1(C)c2cc(OC(=O)C3CCC(CCCC4CO4)CC3)ccc2-c2ccc(OC(=O)C3CCC(CCCC4CO4)CC3)cc21. The molecule has 2 unspecified atom stereocenters. The maximum Gasteiger partial charge on any atom is 0.314 e. The zero-order valence-electron chi connectivity index (χ0n) is 27.2. The lowest BCUT2D eigenvalue weighted by Crippen LogP contribution is -2.26. The van der Waals surface area contributed by atoms with Crippen LogP contribution in [0.3, 0.4) is 0 Å². The van der Waals surface area contributed by atoms with Crippen molar-refractivity contribution in [1.29, 1.82) is 0 Å². The molecule has 3 aliphatic carbocycles. The van der Waals surface area contributed by atoms with Crippen LogP contribution in [-0.2, 0) is 24.5 Å². The molecular weight excluding hydrogens is 564 g/mol. The van der Waals surface area contributed by atoms with Crippen LogP contribution in [-0.4, -0.2) is 37.4 Å².